The number of benzene rings is 1. The number of hydrogen-bond acceptors (Lipinski definition) is 3. The number of rotatable bonds is 6. The first kappa shape index (κ1) is 14.9. The van der Waals surface area contributed by atoms with Crippen LogP contribution in [0.25, 0.3) is 0 Å². The van der Waals surface area contributed by atoms with Crippen LogP contribution in [0.1, 0.15) is 17.4 Å². The molecule has 1 unspecified atom stereocenters. The zero-order valence-corrected chi connectivity index (χ0v) is 11.2. The Hall–Kier alpha value is -1.20. The van der Waals surface area contributed by atoms with Gasteiger partial charge in [0.15, 0.2) is 0 Å². The van der Waals surface area contributed by atoms with Gasteiger partial charge in [-0.2, -0.15) is 12.6 Å². The monoisotopic (exact) mass is 287 g/mol. The molecule has 0 aliphatic rings. The fourth-order valence-corrected chi connectivity index (χ4v) is 1.87. The molecule has 2 N–H and O–H groups in total. The van der Waals surface area contributed by atoms with E-state index in [0.717, 1.165) is 0 Å². The maximum Gasteiger partial charge on any atom is 0.326 e. The quantitative estimate of drug-likeness (QED) is 0.553. The lowest BCUT2D eigenvalue weighted by atomic mass is 10.1. The summed E-state index contributed by atoms with van der Waals surface area (Å²) in [4.78, 5) is 22.7. The normalized spacial score (nSPS) is 13.7. The van der Waals surface area contributed by atoms with Crippen LogP contribution >= 0.6 is 24.2 Å². The number of hydrogen-bond donors (Lipinski definition) is 3. The smallest absolute Gasteiger partial charge is 0.326 e. The molecule has 0 spiro atoms. The third kappa shape index (κ3) is 4.23. The number of carboxylic acid groups (broad SMARTS) is 1. The van der Waals surface area contributed by atoms with Gasteiger partial charge in [-0.1, -0.05) is 30.3 Å². The number of thiol groups is 1. The minimum Gasteiger partial charge on any atom is -0.480 e. The molecule has 18 heavy (non-hydrogen) atoms. The van der Waals surface area contributed by atoms with E-state index < -0.39 is 23.3 Å². The molecule has 0 radical (unpaired) electrons. The van der Waals surface area contributed by atoms with Gasteiger partial charge in [0.05, 0.1) is 0 Å². The summed E-state index contributed by atoms with van der Waals surface area (Å²) in [6.07, 6.45) is 0.253. The SMILES string of the molecule is O=C(N[C@@H](CCS)C(=O)O)C(Cl)c1ccccc1. The van der Waals surface area contributed by atoms with Crippen LogP contribution in [0.15, 0.2) is 30.3 Å². The molecule has 0 bridgehead atoms. The summed E-state index contributed by atoms with van der Waals surface area (Å²) in [6.45, 7) is 0. The lowest BCUT2D eigenvalue weighted by Crippen LogP contribution is -2.42. The van der Waals surface area contributed by atoms with E-state index in [2.05, 4.69) is 17.9 Å². The van der Waals surface area contributed by atoms with Gasteiger partial charge in [0, 0.05) is 0 Å². The summed E-state index contributed by atoms with van der Waals surface area (Å²) in [5, 5.41) is 10.4. The molecule has 1 aromatic carbocycles. The van der Waals surface area contributed by atoms with Crippen LogP contribution in [-0.2, 0) is 9.59 Å². The maximum atomic E-state index is 11.8. The lowest BCUT2D eigenvalue weighted by Gasteiger charge is -2.16. The van der Waals surface area contributed by atoms with Gasteiger partial charge < -0.3 is 10.4 Å². The molecule has 1 aromatic rings. The van der Waals surface area contributed by atoms with E-state index in [0.29, 0.717) is 11.3 Å². The van der Waals surface area contributed by atoms with Gasteiger partial charge in [0.1, 0.15) is 11.4 Å². The Balaban J connectivity index is 2.67. The van der Waals surface area contributed by atoms with Crippen molar-refractivity contribution in [3.63, 3.8) is 0 Å². The van der Waals surface area contributed by atoms with E-state index in [1.165, 1.54) is 0 Å². The molecule has 0 aliphatic carbocycles. The highest BCUT2D eigenvalue weighted by atomic mass is 35.5. The van der Waals surface area contributed by atoms with Gasteiger partial charge in [0.2, 0.25) is 5.91 Å². The van der Waals surface area contributed by atoms with Gasteiger partial charge in [-0.05, 0) is 17.7 Å². The molecule has 0 aromatic heterocycles. The second-order valence-electron chi connectivity index (χ2n) is 3.68. The molecule has 2 atom stereocenters. The van der Waals surface area contributed by atoms with Crippen LogP contribution in [0.5, 0.6) is 0 Å². The van der Waals surface area contributed by atoms with Crippen molar-refractivity contribution in [1.82, 2.24) is 5.32 Å². The summed E-state index contributed by atoms with van der Waals surface area (Å²) in [5.74, 6) is -1.23. The Bertz CT molecular complexity index is 413. The minimum absolute atomic E-state index is 0.253. The number of carbonyl (C=O) groups excluding carboxylic acids is 1. The second kappa shape index (κ2) is 7.28. The third-order valence-electron chi connectivity index (χ3n) is 2.35. The van der Waals surface area contributed by atoms with Gasteiger partial charge >= 0.3 is 5.97 Å². The van der Waals surface area contributed by atoms with Crippen LogP contribution in [0, 0.1) is 0 Å². The van der Waals surface area contributed by atoms with Crippen molar-refractivity contribution in [3.8, 4) is 0 Å². The fraction of sp³-hybridized carbons (Fsp3) is 0.333. The van der Waals surface area contributed by atoms with E-state index in [-0.39, 0.29) is 6.42 Å². The lowest BCUT2D eigenvalue weighted by molar-refractivity contribution is -0.141. The molecule has 0 saturated carbocycles. The van der Waals surface area contributed by atoms with E-state index in [9.17, 15) is 9.59 Å². The van der Waals surface area contributed by atoms with Crippen molar-refractivity contribution in [3.05, 3.63) is 35.9 Å². The molecular formula is C12H14ClNO3S. The largest absolute Gasteiger partial charge is 0.480 e. The minimum atomic E-state index is -1.09. The van der Waals surface area contributed by atoms with Crippen LogP contribution < -0.4 is 5.32 Å². The summed E-state index contributed by atoms with van der Waals surface area (Å²) < 4.78 is 0. The molecule has 1 amide bonds. The van der Waals surface area contributed by atoms with Crippen molar-refractivity contribution in [1.29, 1.82) is 0 Å². The number of amides is 1. The molecule has 0 fully saturated rings. The van der Waals surface area contributed by atoms with Gasteiger partial charge in [-0.25, -0.2) is 4.79 Å². The zero-order chi connectivity index (χ0) is 13.5. The number of nitrogens with one attached hydrogen (secondary N) is 1. The van der Waals surface area contributed by atoms with E-state index in [1.807, 2.05) is 6.07 Å². The highest BCUT2D eigenvalue weighted by Crippen LogP contribution is 2.20. The molecule has 6 heteroatoms. The molecule has 4 nitrogen and oxygen atoms in total. The Morgan fingerprint density at radius 3 is 2.44 bits per heavy atom. The summed E-state index contributed by atoms with van der Waals surface area (Å²) in [6, 6.07) is 7.81. The first-order chi connectivity index (χ1) is 8.56. The predicted octanol–water partition coefficient (Wildman–Crippen LogP) is 1.86. The van der Waals surface area contributed by atoms with Gasteiger partial charge in [0.25, 0.3) is 0 Å². The van der Waals surface area contributed by atoms with Crippen molar-refractivity contribution in [2.75, 3.05) is 5.75 Å². The van der Waals surface area contributed by atoms with Crippen molar-refractivity contribution in [2.24, 2.45) is 0 Å². The number of alkyl halides is 1. The maximum absolute atomic E-state index is 11.8. The Labute approximate surface area is 116 Å². The molecule has 0 aliphatic heterocycles. The van der Waals surface area contributed by atoms with Crippen molar-refractivity contribution in [2.45, 2.75) is 17.8 Å². The molecule has 0 heterocycles. The third-order valence-corrected chi connectivity index (χ3v) is 3.06. The number of carboxylic acids is 1. The van der Waals surface area contributed by atoms with Crippen LogP contribution in [0.3, 0.4) is 0 Å². The molecule has 0 saturated heterocycles. The Kier molecular flexibility index (Phi) is 6.01. The van der Waals surface area contributed by atoms with Crippen molar-refractivity contribution < 1.29 is 14.7 Å². The van der Waals surface area contributed by atoms with E-state index >= 15 is 0 Å². The topological polar surface area (TPSA) is 66.4 Å². The van der Waals surface area contributed by atoms with Gasteiger partial charge in [-0.3, -0.25) is 4.79 Å². The zero-order valence-electron chi connectivity index (χ0n) is 9.54. The Morgan fingerprint density at radius 2 is 1.94 bits per heavy atom. The standard InChI is InChI=1S/C12H14ClNO3S/c13-10(8-4-2-1-3-5-8)11(15)14-9(6-7-18)12(16)17/h1-5,9-10,18H,6-7H2,(H,14,15)(H,16,17)/t9-,10?/m0/s1. The van der Waals surface area contributed by atoms with Gasteiger partial charge in [-0.15, -0.1) is 11.6 Å². The molecular weight excluding hydrogens is 274 g/mol. The molecule has 1 rings (SSSR count). The second-order valence-corrected chi connectivity index (χ2v) is 4.57. The number of carbonyl (C=O) groups is 2. The summed E-state index contributed by atoms with van der Waals surface area (Å²) in [7, 11) is 0. The average molecular weight is 288 g/mol. The number of halogens is 1. The molecule has 98 valence electrons. The highest BCUT2D eigenvalue weighted by molar-refractivity contribution is 7.80. The summed E-state index contributed by atoms with van der Waals surface area (Å²) >= 11 is 9.93. The number of aliphatic carboxylic acids is 1. The van der Waals surface area contributed by atoms with Crippen LogP contribution in [0.2, 0.25) is 0 Å². The van der Waals surface area contributed by atoms with Crippen LogP contribution in [-0.4, -0.2) is 28.8 Å². The summed E-state index contributed by atoms with van der Waals surface area (Å²) in [5.41, 5.74) is 0.631. The average Bonchev–Trinajstić information content (AvgIpc) is 2.38. The first-order valence-corrected chi connectivity index (χ1v) is 6.46. The van der Waals surface area contributed by atoms with Crippen LogP contribution in [0.4, 0.5) is 0 Å². The van der Waals surface area contributed by atoms with Crippen molar-refractivity contribution >= 4 is 36.1 Å². The van der Waals surface area contributed by atoms with E-state index in [1.54, 1.807) is 24.3 Å². The van der Waals surface area contributed by atoms with E-state index in [4.69, 9.17) is 16.7 Å². The Morgan fingerprint density at radius 1 is 1.33 bits per heavy atom. The first-order valence-electron chi connectivity index (χ1n) is 5.39. The highest BCUT2D eigenvalue weighted by Gasteiger charge is 2.24. The fourth-order valence-electron chi connectivity index (χ4n) is 1.40. The predicted molar refractivity (Wildman–Crippen MR) is 73.1 cm³/mol.